The molecule has 1 aliphatic rings. The molecule has 1 fully saturated rings. The molecule has 622 valence electrons. The maximum absolute atomic E-state index is 15.6. The second-order valence-electron chi connectivity index (χ2n) is 28.3. The number of likely N-dealkylation sites (tertiary alicyclic amines) is 1. The first-order valence-corrected chi connectivity index (χ1v) is 37.1. The number of nitrogens with one attached hydrogen (secondary N) is 11. The monoisotopic (exact) mass is 1610 g/mol. The van der Waals surface area contributed by atoms with Crippen molar-refractivity contribution in [2.45, 2.75) is 177 Å². The van der Waals surface area contributed by atoms with E-state index < -0.39 is 199 Å². The number of pyridine rings is 1. The summed E-state index contributed by atoms with van der Waals surface area (Å²) < 4.78 is 25.7. The van der Waals surface area contributed by atoms with Crippen molar-refractivity contribution in [2.75, 3.05) is 33.9 Å². The number of aliphatic carboxylic acids is 2. The first-order valence-electron chi connectivity index (χ1n) is 37.1. The van der Waals surface area contributed by atoms with Crippen LogP contribution < -0.4 is 63.6 Å². The molecule has 1 aliphatic heterocycles. The van der Waals surface area contributed by atoms with Crippen LogP contribution >= 0.6 is 0 Å². The number of aryl methyl sites for hydroxylation is 2. The van der Waals surface area contributed by atoms with Gasteiger partial charge in [-0.2, -0.15) is 0 Å². The Bertz CT molecular complexity index is 4530. The molecule has 3 heterocycles. The van der Waals surface area contributed by atoms with Crippen molar-refractivity contribution in [3.05, 3.63) is 161 Å². The Morgan fingerprint density at radius 3 is 1.90 bits per heavy atom. The number of aliphatic hydroxyl groups excluding tert-OH is 3. The molecule has 6 aromatic rings. The number of H-pyrrole nitrogens is 1. The van der Waals surface area contributed by atoms with Gasteiger partial charge in [0.25, 0.3) is 0 Å². The van der Waals surface area contributed by atoms with Gasteiger partial charge in [0.15, 0.2) is 0 Å². The predicted octanol–water partition coefficient (Wildman–Crippen LogP) is -0.503. The van der Waals surface area contributed by atoms with Gasteiger partial charge in [-0.15, -0.1) is 0 Å². The van der Waals surface area contributed by atoms with Gasteiger partial charge in [-0.1, -0.05) is 85.8 Å². The van der Waals surface area contributed by atoms with Gasteiger partial charge in [-0.05, 0) is 124 Å². The zero-order valence-corrected chi connectivity index (χ0v) is 65.1. The summed E-state index contributed by atoms with van der Waals surface area (Å²) in [7, 11) is 2.62. The number of benzene rings is 4. The van der Waals surface area contributed by atoms with Crippen LogP contribution in [0.5, 0.6) is 5.75 Å². The lowest BCUT2D eigenvalue weighted by Gasteiger charge is -2.37. The average Bonchev–Trinajstić information content (AvgIpc) is 1.61. The molecule has 12 amide bonds. The average molecular weight is 1610 g/mol. The van der Waals surface area contributed by atoms with Crippen molar-refractivity contribution in [3.8, 4) is 28.1 Å². The van der Waals surface area contributed by atoms with Gasteiger partial charge in [-0.25, -0.2) is 14.2 Å². The number of carbonyl (C=O) groups excluding carboxylic acids is 12. The molecule has 1 saturated heterocycles. The highest BCUT2D eigenvalue weighted by molar-refractivity contribution is 6.01. The molecule has 37 heteroatoms. The fourth-order valence-corrected chi connectivity index (χ4v) is 13.0. The summed E-state index contributed by atoms with van der Waals surface area (Å²) in [5.74, 6) is -16.1. The molecule has 0 saturated carbocycles. The van der Waals surface area contributed by atoms with E-state index in [0.29, 0.717) is 34.7 Å². The fourth-order valence-electron chi connectivity index (χ4n) is 13.0. The largest absolute Gasteiger partial charge is 0.497 e. The van der Waals surface area contributed by atoms with Crippen molar-refractivity contribution in [1.29, 1.82) is 0 Å². The molecule has 12 atom stereocenters. The molecule has 0 unspecified atom stereocenters. The highest BCUT2D eigenvalue weighted by atomic mass is 19.1. The number of amides is 12. The van der Waals surface area contributed by atoms with Crippen LogP contribution in [0.2, 0.25) is 0 Å². The lowest BCUT2D eigenvalue weighted by molar-refractivity contribution is -0.146. The zero-order chi connectivity index (χ0) is 85.3. The van der Waals surface area contributed by atoms with Crippen LogP contribution in [0.15, 0.2) is 122 Å². The number of alkyl carbamates (subject to hydrolysis) is 1. The van der Waals surface area contributed by atoms with E-state index in [2.05, 4.69) is 68.1 Å². The summed E-state index contributed by atoms with van der Waals surface area (Å²) >= 11 is 0. The molecular weight excluding hydrogens is 1510 g/mol. The fraction of sp³-hybridized carbons (Fsp3) is 0.418. The van der Waals surface area contributed by atoms with Crippen molar-refractivity contribution >= 4 is 83.0 Å². The van der Waals surface area contributed by atoms with Gasteiger partial charge in [0, 0.05) is 56.6 Å². The van der Waals surface area contributed by atoms with Crippen molar-refractivity contribution < 1.29 is 107 Å². The number of primary amides is 1. The first-order chi connectivity index (χ1) is 55.0. The van der Waals surface area contributed by atoms with E-state index in [0.717, 1.165) is 61.8 Å². The van der Waals surface area contributed by atoms with E-state index >= 15 is 4.39 Å². The Hall–Kier alpha value is -12.8. The van der Waals surface area contributed by atoms with Gasteiger partial charge in [-0.3, -0.25) is 67.3 Å². The van der Waals surface area contributed by atoms with E-state index in [4.69, 9.17) is 15.2 Å². The number of methoxy groups -OCH3 is 2. The lowest BCUT2D eigenvalue weighted by Crippen LogP contribution is -2.67. The molecule has 0 aliphatic carbocycles. The second kappa shape index (κ2) is 41.8. The molecule has 4 aromatic carbocycles. The minimum Gasteiger partial charge on any atom is -0.497 e. The van der Waals surface area contributed by atoms with E-state index in [9.17, 15) is 92.7 Å². The van der Waals surface area contributed by atoms with Crippen LogP contribution in [0.25, 0.3) is 22.4 Å². The minimum atomic E-state index is -2.45. The molecule has 18 N–H and O–H groups in total. The van der Waals surface area contributed by atoms with Crippen LogP contribution in [0, 0.1) is 12.7 Å². The Morgan fingerprint density at radius 1 is 0.664 bits per heavy atom. The molecular formula is C79H98FN15O21. The molecule has 0 spiro atoms. The number of rotatable bonds is 41. The molecule has 36 nitrogen and oxygen atoms in total. The number of aromatic amines is 1. The Labute approximate surface area is 666 Å². The normalized spacial score (nSPS) is 16.2. The first kappa shape index (κ1) is 90.4. The SMILES string of the molecule is CCc1cc(OC)ccc1-c1ccc(C[C@H](NC(=O)[C@H](CC(=O)O)NC(=O)[C@H](CO)NC(=O)[C@@H](NC(=O)[C@](C)(Cc2ccccc2F)NC(=O)[C@@H](NC(=O)CNC(=O)[C@H](CCC(=O)O)NC(=O)[C@@]2(C)CCCN2C(=O)[C@H](Cc2c[nH]cn2)NC(=O)OC)[C@@H](C)O)[C@@H](C)O)C(=O)N[C@@H](Cc2ccc(-c3ccccc3C)nc2)C(N)=O)cc1. The number of nitrogens with two attached hydrogens (primary N) is 1. The topological polar surface area (TPSA) is 550 Å². The highest BCUT2D eigenvalue weighted by Gasteiger charge is 2.49. The van der Waals surface area contributed by atoms with E-state index in [1.165, 1.54) is 48.7 Å². The molecule has 0 radical (unpaired) electrons. The summed E-state index contributed by atoms with van der Waals surface area (Å²) in [5.41, 5.74) is 7.80. The third kappa shape index (κ3) is 24.9. The summed E-state index contributed by atoms with van der Waals surface area (Å²) in [5, 5.41) is 75.7. The summed E-state index contributed by atoms with van der Waals surface area (Å²) in [6.45, 7) is 6.03. The number of hydrogen-bond acceptors (Lipinski definition) is 21. The van der Waals surface area contributed by atoms with Crippen molar-refractivity contribution in [3.63, 3.8) is 0 Å². The van der Waals surface area contributed by atoms with E-state index in [-0.39, 0.29) is 44.2 Å². The summed E-state index contributed by atoms with van der Waals surface area (Å²) in [6, 6.07) is 13.8. The number of ether oxygens (including phenoxy) is 2. The number of halogens is 1. The molecule has 116 heavy (non-hydrogen) atoms. The highest BCUT2D eigenvalue weighted by Crippen LogP contribution is 2.32. The zero-order valence-electron chi connectivity index (χ0n) is 65.1. The Morgan fingerprint density at radius 2 is 1.29 bits per heavy atom. The van der Waals surface area contributed by atoms with Crippen molar-refractivity contribution in [2.24, 2.45) is 5.73 Å². The van der Waals surface area contributed by atoms with Crippen LogP contribution in [-0.2, 0) is 99.2 Å². The standard InChI is InChI=1S/C79H98FN15O21/c1-9-47-33-51(115-7)24-25-53(47)48-22-19-45(20-23-48)31-58(69(106)86-57(67(81)104)32-46-21-26-55(83-37-46)52-17-12-10-15-42(52)2)87-70(107)59(35-64(102)103)88-71(108)61(40-96)89-72(109)65(43(3)97)93-75(112)78(5,36-49-16-11-13-18-54(49)80)94-73(110)66(44(4)98)92-62(99)39-84-68(105)56(27-28-63(100)101)90-76(113)79(6)29-14-30-95(79)74(111)60(91-77(114)116-8)34-50-38-82-41-85-50/h10-13,15-26,33,37-38,41,43-44,56-61,65-66,96-98H,9,14,27-32,34-36,39-40H2,1-8H3,(H2,81,104)(H,82,85)(H,84,105)(H,86,106)(H,87,107)(H,88,108)(H,89,109)(H,90,113)(H,91,114)(H,92,99)(H,93,112)(H,94,110)(H,100,101)(H,102,103)/t43-,44-,56+,57+,58+,59+,60+,61+,65+,66+,78+,79-/m1/s1. The number of carboxylic acids is 2. The number of hydrogen-bond donors (Lipinski definition) is 17. The maximum atomic E-state index is 15.6. The number of nitrogens with zero attached hydrogens (tertiary/aromatic N) is 3. The third-order valence-corrected chi connectivity index (χ3v) is 19.6. The van der Waals surface area contributed by atoms with Crippen LogP contribution in [0.4, 0.5) is 9.18 Å². The molecule has 7 rings (SSSR count). The smallest absolute Gasteiger partial charge is 0.407 e. The number of carboxylic acid groups (broad SMARTS) is 2. The van der Waals surface area contributed by atoms with Gasteiger partial charge in [0.05, 0.1) is 63.7 Å². The number of imidazole rings is 1. The van der Waals surface area contributed by atoms with Crippen LogP contribution in [0.1, 0.15) is 100 Å². The number of carbonyl (C=O) groups is 14. The van der Waals surface area contributed by atoms with Gasteiger partial charge >= 0.3 is 18.0 Å². The second-order valence-corrected chi connectivity index (χ2v) is 28.3. The maximum Gasteiger partial charge on any atom is 0.407 e. The van der Waals surface area contributed by atoms with Crippen LogP contribution in [-0.4, -0.2) is 234 Å². The van der Waals surface area contributed by atoms with Crippen LogP contribution in [0.3, 0.4) is 0 Å². The summed E-state index contributed by atoms with van der Waals surface area (Å²) in [4.78, 5) is 205. The molecule has 2 aromatic heterocycles. The Kier molecular flexibility index (Phi) is 32.6. The van der Waals surface area contributed by atoms with Gasteiger partial charge < -0.3 is 104 Å². The van der Waals surface area contributed by atoms with E-state index in [1.54, 1.807) is 49.6 Å². The van der Waals surface area contributed by atoms with E-state index in [1.807, 2.05) is 50.2 Å². The number of aliphatic hydroxyl groups is 3. The minimum absolute atomic E-state index is 0.0116. The van der Waals surface area contributed by atoms with Gasteiger partial charge in [0.1, 0.15) is 71.0 Å². The van der Waals surface area contributed by atoms with Crippen molar-refractivity contribution in [1.82, 2.24) is 73.0 Å². The molecule has 0 bridgehead atoms. The Balaban J connectivity index is 1.05. The third-order valence-electron chi connectivity index (χ3n) is 19.6. The quantitative estimate of drug-likeness (QED) is 0.0230. The number of aromatic nitrogens is 3. The predicted molar refractivity (Wildman–Crippen MR) is 413 cm³/mol. The summed E-state index contributed by atoms with van der Waals surface area (Å²) in [6.07, 6.45) is -3.26. The van der Waals surface area contributed by atoms with Gasteiger partial charge in [0.2, 0.25) is 65.0 Å². The lowest BCUT2D eigenvalue weighted by atomic mass is 9.90.